The van der Waals surface area contributed by atoms with Crippen LogP contribution in [0.1, 0.15) is 18.9 Å². The molecule has 1 aromatic rings. The van der Waals surface area contributed by atoms with Gasteiger partial charge < -0.3 is 10.6 Å². The molecule has 1 saturated heterocycles. The summed E-state index contributed by atoms with van der Waals surface area (Å²) in [6.07, 6.45) is -0.177. The molecule has 0 radical (unpaired) electrons. The van der Waals surface area contributed by atoms with E-state index in [0.29, 0.717) is 10.6 Å². The summed E-state index contributed by atoms with van der Waals surface area (Å²) in [5.41, 5.74) is -0.638. The number of hydrogen-bond acceptors (Lipinski definition) is 4. The molecule has 0 unspecified atom stereocenters. The third-order valence-electron chi connectivity index (χ3n) is 3.74. The maximum Gasteiger partial charge on any atom is 0.325 e. The molecule has 8 nitrogen and oxygen atoms in total. The van der Waals surface area contributed by atoms with Crippen molar-refractivity contribution in [1.82, 2.24) is 20.9 Å². The zero-order chi connectivity index (χ0) is 17.9. The van der Waals surface area contributed by atoms with Gasteiger partial charge in [-0.15, -0.1) is 0 Å². The second-order valence-corrected chi connectivity index (χ2v) is 5.83. The van der Waals surface area contributed by atoms with Crippen molar-refractivity contribution in [2.75, 3.05) is 13.6 Å². The Hall–Kier alpha value is -2.61. The van der Waals surface area contributed by atoms with Crippen LogP contribution in [0.25, 0.3) is 0 Å². The first kappa shape index (κ1) is 17.7. The summed E-state index contributed by atoms with van der Waals surface area (Å²) < 4.78 is 0. The number of hydrogen-bond donors (Lipinski definition) is 3. The average molecular weight is 353 g/mol. The Balaban J connectivity index is 2.07. The Morgan fingerprint density at radius 1 is 1.25 bits per heavy atom. The molecule has 24 heavy (non-hydrogen) atoms. The normalized spacial score (nSPS) is 19.9. The van der Waals surface area contributed by atoms with E-state index in [-0.39, 0.29) is 13.0 Å². The van der Waals surface area contributed by atoms with Crippen LogP contribution in [0.5, 0.6) is 0 Å². The van der Waals surface area contributed by atoms with Gasteiger partial charge in [0.25, 0.3) is 5.91 Å². The molecule has 0 saturated carbocycles. The molecule has 3 N–H and O–H groups in total. The molecule has 9 heteroatoms. The van der Waals surface area contributed by atoms with Gasteiger partial charge in [-0.1, -0.05) is 23.7 Å². The Morgan fingerprint density at radius 3 is 2.46 bits per heavy atom. The topological polar surface area (TPSA) is 108 Å². The molecule has 0 aromatic heterocycles. The van der Waals surface area contributed by atoms with E-state index in [1.54, 1.807) is 31.2 Å². The molecule has 0 spiro atoms. The van der Waals surface area contributed by atoms with Gasteiger partial charge in [0.2, 0.25) is 5.91 Å². The molecule has 1 atom stereocenters. The highest BCUT2D eigenvalue weighted by molar-refractivity contribution is 6.30. The van der Waals surface area contributed by atoms with Gasteiger partial charge in [0.1, 0.15) is 5.54 Å². The zero-order valence-electron chi connectivity index (χ0n) is 13.2. The Labute approximate surface area is 143 Å². The molecule has 1 aliphatic rings. The van der Waals surface area contributed by atoms with Crippen LogP contribution in [0, 0.1) is 0 Å². The largest absolute Gasteiger partial charge is 0.341 e. The van der Waals surface area contributed by atoms with Crippen molar-refractivity contribution in [3.8, 4) is 0 Å². The SMILES string of the molecule is CNC(=O)NC(=O)CCN1C(=O)N[C@](C)(c2ccc(Cl)cc2)C1=O. The number of carbonyl (C=O) groups excluding carboxylic acids is 4. The molecular formula is C15H17ClN4O4. The predicted molar refractivity (Wildman–Crippen MR) is 86.3 cm³/mol. The molecular weight excluding hydrogens is 336 g/mol. The summed E-state index contributed by atoms with van der Waals surface area (Å²) in [6.45, 7) is 1.46. The lowest BCUT2D eigenvalue weighted by molar-refractivity contribution is -0.131. The van der Waals surface area contributed by atoms with E-state index >= 15 is 0 Å². The third kappa shape index (κ3) is 3.48. The lowest BCUT2D eigenvalue weighted by atomic mass is 9.92. The molecule has 0 aliphatic carbocycles. The average Bonchev–Trinajstić information content (AvgIpc) is 2.76. The van der Waals surface area contributed by atoms with Gasteiger partial charge in [0, 0.05) is 25.0 Å². The second-order valence-electron chi connectivity index (χ2n) is 5.40. The summed E-state index contributed by atoms with van der Waals surface area (Å²) in [4.78, 5) is 48.3. The summed E-state index contributed by atoms with van der Waals surface area (Å²) in [5.74, 6) is -1.06. The van der Waals surface area contributed by atoms with Crippen molar-refractivity contribution in [3.05, 3.63) is 34.9 Å². The standard InChI is InChI=1S/C15H17ClN4O4/c1-15(9-3-5-10(16)6-4-9)12(22)20(14(24)19-15)8-7-11(21)18-13(23)17-2/h3-6H,7-8H2,1-2H3,(H,19,24)(H2,17,18,21,23)/t15-/m1/s1. The highest BCUT2D eigenvalue weighted by Gasteiger charge is 2.48. The summed E-state index contributed by atoms with van der Waals surface area (Å²) in [7, 11) is 1.37. The Morgan fingerprint density at radius 2 is 1.88 bits per heavy atom. The summed E-state index contributed by atoms with van der Waals surface area (Å²) >= 11 is 5.84. The van der Waals surface area contributed by atoms with Crippen LogP contribution in [-0.2, 0) is 15.1 Å². The molecule has 1 fully saturated rings. The minimum Gasteiger partial charge on any atom is -0.341 e. The van der Waals surface area contributed by atoms with Crippen LogP contribution in [0.15, 0.2) is 24.3 Å². The molecule has 0 bridgehead atoms. The smallest absolute Gasteiger partial charge is 0.325 e. The van der Waals surface area contributed by atoms with Gasteiger partial charge in [-0.2, -0.15) is 0 Å². The quantitative estimate of drug-likeness (QED) is 0.701. The number of amides is 6. The van der Waals surface area contributed by atoms with Crippen molar-refractivity contribution >= 4 is 35.5 Å². The van der Waals surface area contributed by atoms with E-state index in [9.17, 15) is 19.2 Å². The van der Waals surface area contributed by atoms with E-state index in [4.69, 9.17) is 11.6 Å². The number of nitrogens with one attached hydrogen (secondary N) is 3. The monoisotopic (exact) mass is 352 g/mol. The van der Waals surface area contributed by atoms with Gasteiger partial charge >= 0.3 is 12.1 Å². The van der Waals surface area contributed by atoms with Crippen LogP contribution >= 0.6 is 11.6 Å². The summed E-state index contributed by atoms with van der Waals surface area (Å²) in [6, 6.07) is 5.32. The number of rotatable bonds is 4. The Bertz CT molecular complexity index is 691. The molecule has 1 aliphatic heterocycles. The lowest BCUT2D eigenvalue weighted by Crippen LogP contribution is -2.42. The van der Waals surface area contributed by atoms with E-state index < -0.39 is 29.4 Å². The first-order valence-corrected chi connectivity index (χ1v) is 7.57. The number of carbonyl (C=O) groups is 4. The lowest BCUT2D eigenvalue weighted by Gasteiger charge is -2.22. The van der Waals surface area contributed by atoms with Gasteiger partial charge in [-0.25, -0.2) is 9.59 Å². The van der Waals surface area contributed by atoms with Crippen LogP contribution in [0.2, 0.25) is 5.02 Å². The van der Waals surface area contributed by atoms with E-state index in [2.05, 4.69) is 16.0 Å². The number of benzene rings is 1. The predicted octanol–water partition coefficient (Wildman–Crippen LogP) is 0.953. The van der Waals surface area contributed by atoms with Gasteiger partial charge in [0.05, 0.1) is 0 Å². The number of imide groups is 2. The highest BCUT2D eigenvalue weighted by atomic mass is 35.5. The van der Waals surface area contributed by atoms with Crippen LogP contribution in [0.4, 0.5) is 9.59 Å². The minimum absolute atomic E-state index is 0.128. The van der Waals surface area contributed by atoms with Crippen molar-refractivity contribution in [2.45, 2.75) is 18.9 Å². The number of urea groups is 2. The fourth-order valence-electron chi connectivity index (χ4n) is 2.34. The number of nitrogens with zero attached hydrogens (tertiary/aromatic N) is 1. The van der Waals surface area contributed by atoms with Crippen molar-refractivity contribution in [1.29, 1.82) is 0 Å². The van der Waals surface area contributed by atoms with Crippen LogP contribution < -0.4 is 16.0 Å². The maximum absolute atomic E-state index is 12.6. The van der Waals surface area contributed by atoms with Crippen LogP contribution in [-0.4, -0.2) is 42.4 Å². The molecule has 128 valence electrons. The minimum atomic E-state index is -1.22. The fraction of sp³-hybridized carbons (Fsp3) is 0.333. The molecule has 1 heterocycles. The maximum atomic E-state index is 12.6. The van der Waals surface area contributed by atoms with E-state index in [1.807, 2.05) is 0 Å². The third-order valence-corrected chi connectivity index (χ3v) is 3.99. The van der Waals surface area contributed by atoms with E-state index in [1.165, 1.54) is 7.05 Å². The number of halogens is 1. The van der Waals surface area contributed by atoms with Crippen molar-refractivity contribution < 1.29 is 19.2 Å². The highest BCUT2D eigenvalue weighted by Crippen LogP contribution is 2.29. The second kappa shape index (κ2) is 6.88. The van der Waals surface area contributed by atoms with Crippen molar-refractivity contribution in [2.24, 2.45) is 0 Å². The molecule has 1 aromatic carbocycles. The summed E-state index contributed by atoms with van der Waals surface area (Å²) in [5, 5.41) is 7.45. The molecule has 2 rings (SSSR count). The molecule has 6 amide bonds. The van der Waals surface area contributed by atoms with Crippen LogP contribution in [0.3, 0.4) is 0 Å². The fourth-order valence-corrected chi connectivity index (χ4v) is 2.47. The van der Waals surface area contributed by atoms with Gasteiger partial charge in [-0.3, -0.25) is 19.8 Å². The zero-order valence-corrected chi connectivity index (χ0v) is 13.9. The van der Waals surface area contributed by atoms with Gasteiger partial charge in [-0.05, 0) is 24.6 Å². The van der Waals surface area contributed by atoms with Crippen molar-refractivity contribution in [3.63, 3.8) is 0 Å². The first-order chi connectivity index (χ1) is 11.3. The van der Waals surface area contributed by atoms with Gasteiger partial charge in [0.15, 0.2) is 0 Å². The van der Waals surface area contributed by atoms with E-state index in [0.717, 1.165) is 4.90 Å². The Kier molecular flexibility index (Phi) is 5.08. The first-order valence-electron chi connectivity index (χ1n) is 7.19.